The summed E-state index contributed by atoms with van der Waals surface area (Å²) < 4.78 is 0. The van der Waals surface area contributed by atoms with Crippen LogP contribution in [0.15, 0.2) is 12.1 Å². The van der Waals surface area contributed by atoms with E-state index in [9.17, 15) is 0 Å². The Kier molecular flexibility index (Phi) is 4.45. The summed E-state index contributed by atoms with van der Waals surface area (Å²) >= 11 is 29.3. The van der Waals surface area contributed by atoms with Crippen LogP contribution in [0.3, 0.4) is 0 Å². The Morgan fingerprint density at radius 3 is 1.86 bits per heavy atom. The maximum atomic E-state index is 5.95. The zero-order chi connectivity index (χ0) is 10.9. The first kappa shape index (κ1) is 13.0. The zero-order valence-corrected chi connectivity index (χ0v) is 12.0. The van der Waals surface area contributed by atoms with Crippen molar-refractivity contribution < 1.29 is 0 Å². The predicted molar refractivity (Wildman–Crippen MR) is 68.2 cm³/mol. The monoisotopic (exact) mass is 306 g/mol. The molecule has 1 aromatic rings. The fourth-order valence-corrected chi connectivity index (χ4v) is 3.62. The van der Waals surface area contributed by atoms with Gasteiger partial charge in [-0.2, -0.15) is 0 Å². The first-order valence-electron chi connectivity index (χ1n) is 3.81. The third kappa shape index (κ3) is 3.80. The molecular formula is C8H7Cl5Si. The molecule has 0 spiro atoms. The number of hydrogen-bond acceptors (Lipinski definition) is 0. The van der Waals surface area contributed by atoms with Gasteiger partial charge in [0, 0.05) is 16.1 Å². The van der Waals surface area contributed by atoms with Gasteiger partial charge in [-0.1, -0.05) is 23.2 Å². The van der Waals surface area contributed by atoms with Gasteiger partial charge in [-0.25, -0.2) is 0 Å². The second kappa shape index (κ2) is 4.81. The highest BCUT2D eigenvalue weighted by molar-refractivity contribution is 7.64. The molecule has 0 saturated carbocycles. The normalized spacial score (nSPS) is 11.9. The second-order valence-electron chi connectivity index (χ2n) is 2.98. The topological polar surface area (TPSA) is 0 Å². The van der Waals surface area contributed by atoms with Crippen molar-refractivity contribution in [2.75, 3.05) is 0 Å². The van der Waals surface area contributed by atoms with Crippen LogP contribution in [-0.2, 0) is 6.04 Å². The van der Waals surface area contributed by atoms with E-state index in [1.54, 1.807) is 12.1 Å². The predicted octanol–water partition coefficient (Wildman–Crippen LogP) is 5.04. The molecule has 0 nitrogen and oxygen atoms in total. The molecule has 6 heteroatoms. The van der Waals surface area contributed by atoms with E-state index >= 15 is 0 Å². The van der Waals surface area contributed by atoms with E-state index in [1.807, 2.05) is 6.92 Å². The van der Waals surface area contributed by atoms with Crippen molar-refractivity contribution in [1.82, 2.24) is 0 Å². The van der Waals surface area contributed by atoms with Gasteiger partial charge in [0.25, 0.3) is 0 Å². The number of benzene rings is 1. The van der Waals surface area contributed by atoms with Gasteiger partial charge in [0.1, 0.15) is 0 Å². The van der Waals surface area contributed by atoms with Gasteiger partial charge in [-0.3, -0.25) is 0 Å². The van der Waals surface area contributed by atoms with Crippen LogP contribution in [0, 0.1) is 6.92 Å². The molecule has 78 valence electrons. The lowest BCUT2D eigenvalue weighted by atomic mass is 10.2. The van der Waals surface area contributed by atoms with Gasteiger partial charge in [0.05, 0.1) is 0 Å². The van der Waals surface area contributed by atoms with E-state index in [0.717, 1.165) is 11.1 Å². The molecule has 0 N–H and O–H groups in total. The molecule has 0 aliphatic rings. The molecule has 0 aromatic heterocycles. The molecule has 0 atom stereocenters. The second-order valence-corrected chi connectivity index (χ2v) is 12.9. The van der Waals surface area contributed by atoms with Gasteiger partial charge in [0.15, 0.2) is 0 Å². The molecular weight excluding hydrogens is 301 g/mol. The van der Waals surface area contributed by atoms with E-state index in [4.69, 9.17) is 56.4 Å². The Hall–Kier alpha value is 0.887. The van der Waals surface area contributed by atoms with E-state index in [1.165, 1.54) is 0 Å². The molecule has 0 aliphatic carbocycles. The summed E-state index contributed by atoms with van der Waals surface area (Å²) in [7, 11) is 0. The van der Waals surface area contributed by atoms with Crippen LogP contribution in [0.2, 0.25) is 10.0 Å². The Labute approximate surface area is 108 Å². The Morgan fingerprint density at radius 2 is 1.50 bits per heavy atom. The summed E-state index contributed by atoms with van der Waals surface area (Å²) in [6.07, 6.45) is 0. The van der Waals surface area contributed by atoms with Crippen LogP contribution >= 0.6 is 56.4 Å². The van der Waals surface area contributed by atoms with Gasteiger partial charge in [0.2, 0.25) is 0 Å². The summed E-state index contributed by atoms with van der Waals surface area (Å²) in [5.74, 6) is 0. The van der Waals surface area contributed by atoms with Crippen LogP contribution in [0.5, 0.6) is 0 Å². The van der Waals surface area contributed by atoms with Crippen molar-refractivity contribution in [2.45, 2.75) is 13.0 Å². The minimum atomic E-state index is -2.66. The molecule has 0 amide bonds. The molecule has 14 heavy (non-hydrogen) atoms. The Morgan fingerprint density at radius 1 is 1.07 bits per heavy atom. The largest absolute Gasteiger partial charge is 0.345 e. The molecule has 0 aliphatic heterocycles. The average Bonchev–Trinajstić information content (AvgIpc) is 1.96. The van der Waals surface area contributed by atoms with Gasteiger partial charge in [-0.05, 0) is 30.2 Å². The molecule has 0 bridgehead atoms. The molecule has 0 saturated heterocycles. The van der Waals surface area contributed by atoms with Crippen molar-refractivity contribution in [3.8, 4) is 0 Å². The summed E-state index contributed by atoms with van der Waals surface area (Å²) in [5, 5.41) is 1.21. The summed E-state index contributed by atoms with van der Waals surface area (Å²) in [6.45, 7) is 1.85. The summed E-state index contributed by atoms with van der Waals surface area (Å²) in [4.78, 5) is 0. The van der Waals surface area contributed by atoms with Gasteiger partial charge >= 0.3 is 6.00 Å². The van der Waals surface area contributed by atoms with Gasteiger partial charge < -0.3 is 0 Å². The van der Waals surface area contributed by atoms with Crippen LogP contribution < -0.4 is 0 Å². The minimum absolute atomic E-state index is 0.428. The molecule has 0 fully saturated rings. The lowest BCUT2D eigenvalue weighted by Gasteiger charge is -2.10. The highest BCUT2D eigenvalue weighted by Crippen LogP contribution is 2.30. The van der Waals surface area contributed by atoms with Crippen LogP contribution in [0.4, 0.5) is 0 Å². The third-order valence-electron chi connectivity index (χ3n) is 1.75. The maximum absolute atomic E-state index is 5.95. The van der Waals surface area contributed by atoms with Crippen LogP contribution in [0.25, 0.3) is 0 Å². The first-order chi connectivity index (χ1) is 6.29. The van der Waals surface area contributed by atoms with Crippen molar-refractivity contribution >= 4 is 62.4 Å². The quantitative estimate of drug-likeness (QED) is 0.530. The highest BCUT2D eigenvalue weighted by atomic mass is 35.8. The number of rotatable bonds is 2. The Balaban J connectivity index is 3.02. The fraction of sp³-hybridized carbons (Fsp3) is 0.250. The SMILES string of the molecule is Cc1c(Cl)cc(C[Si](Cl)(Cl)Cl)cc1Cl. The number of halogens is 5. The summed E-state index contributed by atoms with van der Waals surface area (Å²) in [6, 6.07) is 1.34. The van der Waals surface area contributed by atoms with Crippen molar-refractivity contribution in [3.05, 3.63) is 33.3 Å². The van der Waals surface area contributed by atoms with Crippen molar-refractivity contribution in [2.24, 2.45) is 0 Å². The molecule has 1 rings (SSSR count). The maximum Gasteiger partial charge on any atom is 0.345 e. The average molecular weight is 308 g/mol. The Bertz CT molecular complexity index is 321. The lowest BCUT2D eigenvalue weighted by Crippen LogP contribution is -2.14. The molecule has 1 aromatic carbocycles. The molecule has 0 unspecified atom stereocenters. The smallest absolute Gasteiger partial charge is 0.126 e. The van der Waals surface area contributed by atoms with Crippen LogP contribution in [-0.4, -0.2) is 6.00 Å². The number of hydrogen-bond donors (Lipinski definition) is 0. The van der Waals surface area contributed by atoms with Crippen LogP contribution in [0.1, 0.15) is 11.1 Å². The minimum Gasteiger partial charge on any atom is -0.126 e. The van der Waals surface area contributed by atoms with Gasteiger partial charge in [-0.15, -0.1) is 33.2 Å². The van der Waals surface area contributed by atoms with Crippen molar-refractivity contribution in [1.29, 1.82) is 0 Å². The standard InChI is InChI=1S/C8H7Cl5Si/c1-5-7(9)2-6(3-8(5)10)4-14(11,12)13/h2-3H,4H2,1H3. The van der Waals surface area contributed by atoms with E-state index in [0.29, 0.717) is 16.1 Å². The zero-order valence-electron chi connectivity index (χ0n) is 7.25. The summed E-state index contributed by atoms with van der Waals surface area (Å²) in [5.41, 5.74) is 1.72. The lowest BCUT2D eigenvalue weighted by molar-refractivity contribution is 1.35. The molecule has 0 radical (unpaired) electrons. The van der Waals surface area contributed by atoms with E-state index in [-0.39, 0.29) is 0 Å². The highest BCUT2D eigenvalue weighted by Gasteiger charge is 2.25. The molecule has 0 heterocycles. The first-order valence-corrected chi connectivity index (χ1v) is 9.81. The van der Waals surface area contributed by atoms with E-state index in [2.05, 4.69) is 0 Å². The fourth-order valence-electron chi connectivity index (χ4n) is 1.03. The third-order valence-corrected chi connectivity index (χ3v) is 4.54. The van der Waals surface area contributed by atoms with Crippen molar-refractivity contribution in [3.63, 3.8) is 0 Å². The van der Waals surface area contributed by atoms with E-state index < -0.39 is 6.00 Å².